The Morgan fingerprint density at radius 1 is 1.48 bits per heavy atom. The maximum Gasteiger partial charge on any atom is 0.230 e. The average molecular weight is 370 g/mol. The minimum atomic E-state index is -0.400. The number of hydrogen-bond acceptors (Lipinski definition) is 4. The van der Waals surface area contributed by atoms with Gasteiger partial charge in [0.1, 0.15) is 10.8 Å². The normalized spacial score (nSPS) is 15.8. The van der Waals surface area contributed by atoms with Crippen LogP contribution in [0.5, 0.6) is 0 Å². The third kappa shape index (κ3) is 3.29. The van der Waals surface area contributed by atoms with E-state index < -0.39 is 5.82 Å². The first-order valence-electron chi connectivity index (χ1n) is 6.54. The van der Waals surface area contributed by atoms with Crippen molar-refractivity contribution >= 4 is 38.3 Å². The van der Waals surface area contributed by atoms with Crippen molar-refractivity contribution in [3.05, 3.63) is 39.1 Å². The van der Waals surface area contributed by atoms with E-state index in [0.717, 1.165) is 17.8 Å². The molecule has 0 radical (unpaired) electrons. The van der Waals surface area contributed by atoms with Gasteiger partial charge in [-0.15, -0.1) is 10.2 Å². The molecule has 1 aromatic heterocycles. The molecule has 2 aromatic rings. The second-order valence-corrected chi connectivity index (χ2v) is 7.33. The molecule has 1 saturated carbocycles. The van der Waals surface area contributed by atoms with Gasteiger partial charge in [-0.1, -0.05) is 40.3 Å². The van der Waals surface area contributed by atoms with Crippen LogP contribution in [0.4, 0.5) is 9.52 Å². The smallest absolute Gasteiger partial charge is 0.230 e. The molecular weight excluding hydrogens is 357 g/mol. The van der Waals surface area contributed by atoms with Gasteiger partial charge in [-0.3, -0.25) is 4.79 Å². The molecular formula is C14H13BrFN3OS. The van der Waals surface area contributed by atoms with Gasteiger partial charge < -0.3 is 5.32 Å². The molecule has 1 aliphatic carbocycles. The summed E-state index contributed by atoms with van der Waals surface area (Å²) in [5.41, 5.74) is 0.493. The van der Waals surface area contributed by atoms with Crippen LogP contribution >= 0.6 is 27.3 Å². The molecule has 0 bridgehead atoms. The summed E-state index contributed by atoms with van der Waals surface area (Å²) < 4.78 is 14.3. The van der Waals surface area contributed by atoms with Crippen molar-refractivity contribution in [2.24, 2.45) is 0 Å². The fraction of sp³-hybridized carbons (Fsp3) is 0.357. The maximum atomic E-state index is 13.7. The number of amides is 1. The molecule has 21 heavy (non-hydrogen) atoms. The lowest BCUT2D eigenvalue weighted by atomic mass is 10.1. The van der Waals surface area contributed by atoms with Crippen molar-refractivity contribution in [1.82, 2.24) is 10.2 Å². The van der Waals surface area contributed by atoms with Crippen molar-refractivity contribution in [3.63, 3.8) is 0 Å². The van der Waals surface area contributed by atoms with Crippen LogP contribution < -0.4 is 5.32 Å². The first kappa shape index (κ1) is 14.6. The van der Waals surface area contributed by atoms with Crippen LogP contribution in [0, 0.1) is 5.82 Å². The SMILES string of the molecule is CC1(c2nnc(NC(=O)Cc3ccc(Br)cc3F)s2)CC1. The Hall–Kier alpha value is -1.34. The standard InChI is InChI=1S/C14H13BrFN3OS/c1-14(4-5-14)12-18-19-13(21-12)17-11(20)6-8-2-3-9(15)7-10(8)16/h2-3,7H,4-6H2,1H3,(H,17,19,20). The number of benzene rings is 1. The summed E-state index contributed by atoms with van der Waals surface area (Å²) in [6.45, 7) is 2.14. The number of nitrogens with zero attached hydrogens (tertiary/aromatic N) is 2. The molecule has 4 nitrogen and oxygen atoms in total. The Labute approximate surface area is 133 Å². The Morgan fingerprint density at radius 3 is 2.90 bits per heavy atom. The molecule has 1 N–H and O–H groups in total. The number of aromatic nitrogens is 2. The van der Waals surface area contributed by atoms with Crippen molar-refractivity contribution < 1.29 is 9.18 Å². The fourth-order valence-electron chi connectivity index (χ4n) is 1.92. The predicted octanol–water partition coefficient (Wildman–Crippen LogP) is 3.67. The summed E-state index contributed by atoms with van der Waals surface area (Å²) in [5.74, 6) is -0.692. The third-order valence-electron chi connectivity index (χ3n) is 3.55. The predicted molar refractivity (Wildman–Crippen MR) is 82.9 cm³/mol. The second kappa shape index (κ2) is 5.46. The van der Waals surface area contributed by atoms with E-state index in [9.17, 15) is 9.18 Å². The minimum Gasteiger partial charge on any atom is -0.300 e. The first-order valence-corrected chi connectivity index (χ1v) is 8.15. The molecule has 110 valence electrons. The summed E-state index contributed by atoms with van der Waals surface area (Å²) in [6.07, 6.45) is 2.20. The Bertz CT molecular complexity index is 699. The molecule has 1 aromatic carbocycles. The number of nitrogens with one attached hydrogen (secondary N) is 1. The molecule has 1 fully saturated rings. The lowest BCUT2D eigenvalue weighted by molar-refractivity contribution is -0.115. The molecule has 1 amide bonds. The monoisotopic (exact) mass is 369 g/mol. The van der Waals surface area contributed by atoms with Gasteiger partial charge >= 0.3 is 0 Å². The van der Waals surface area contributed by atoms with Crippen molar-refractivity contribution in [2.75, 3.05) is 5.32 Å². The largest absolute Gasteiger partial charge is 0.300 e. The summed E-state index contributed by atoms with van der Waals surface area (Å²) in [4.78, 5) is 11.9. The zero-order valence-corrected chi connectivity index (χ0v) is 13.7. The Balaban J connectivity index is 1.65. The maximum absolute atomic E-state index is 13.7. The number of hydrogen-bond donors (Lipinski definition) is 1. The number of anilines is 1. The second-order valence-electron chi connectivity index (χ2n) is 5.43. The van der Waals surface area contributed by atoms with Gasteiger partial charge in [-0.25, -0.2) is 4.39 Å². The highest BCUT2D eigenvalue weighted by Gasteiger charge is 2.42. The summed E-state index contributed by atoms with van der Waals surface area (Å²) >= 11 is 4.58. The first-order chi connectivity index (χ1) is 9.96. The molecule has 7 heteroatoms. The van der Waals surface area contributed by atoms with Crippen LogP contribution in [0.1, 0.15) is 30.3 Å². The van der Waals surface area contributed by atoms with Gasteiger partial charge in [0.25, 0.3) is 0 Å². The number of carbonyl (C=O) groups is 1. The van der Waals surface area contributed by atoms with Crippen LogP contribution in [0.15, 0.2) is 22.7 Å². The molecule has 0 unspecified atom stereocenters. The number of carbonyl (C=O) groups excluding carboxylic acids is 1. The summed E-state index contributed by atoms with van der Waals surface area (Å²) in [7, 11) is 0. The zero-order valence-electron chi connectivity index (χ0n) is 11.3. The molecule has 0 atom stereocenters. The molecule has 1 heterocycles. The van der Waals surface area contributed by atoms with Gasteiger partial charge in [0, 0.05) is 9.89 Å². The van der Waals surface area contributed by atoms with Crippen molar-refractivity contribution in [2.45, 2.75) is 31.6 Å². The van der Waals surface area contributed by atoms with Gasteiger partial charge in [0.2, 0.25) is 11.0 Å². The number of rotatable bonds is 4. The zero-order chi connectivity index (χ0) is 15.0. The van der Waals surface area contributed by atoms with Crippen molar-refractivity contribution in [1.29, 1.82) is 0 Å². The van der Waals surface area contributed by atoms with Crippen LogP contribution in [-0.2, 0) is 16.6 Å². The molecule has 0 saturated heterocycles. The van der Waals surface area contributed by atoms with E-state index in [4.69, 9.17) is 0 Å². The highest BCUT2D eigenvalue weighted by molar-refractivity contribution is 9.10. The van der Waals surface area contributed by atoms with E-state index >= 15 is 0 Å². The molecule has 3 rings (SSSR count). The fourth-order valence-corrected chi connectivity index (χ4v) is 3.22. The van der Waals surface area contributed by atoms with E-state index in [1.54, 1.807) is 12.1 Å². The van der Waals surface area contributed by atoms with E-state index in [1.807, 2.05) is 0 Å². The molecule has 1 aliphatic rings. The van der Waals surface area contributed by atoms with Gasteiger partial charge in [-0.05, 0) is 30.5 Å². The summed E-state index contributed by atoms with van der Waals surface area (Å²) in [6, 6.07) is 4.65. The lowest BCUT2D eigenvalue weighted by Crippen LogP contribution is -2.15. The highest BCUT2D eigenvalue weighted by Crippen LogP contribution is 2.48. The summed E-state index contributed by atoms with van der Waals surface area (Å²) in [5, 5.41) is 12.2. The lowest BCUT2D eigenvalue weighted by Gasteiger charge is -2.03. The van der Waals surface area contributed by atoms with Gasteiger partial charge in [-0.2, -0.15) is 0 Å². The van der Waals surface area contributed by atoms with Crippen LogP contribution in [0.25, 0.3) is 0 Å². The Kier molecular flexibility index (Phi) is 3.79. The molecule has 0 spiro atoms. The van der Waals surface area contributed by atoms with Crippen LogP contribution in [-0.4, -0.2) is 16.1 Å². The quantitative estimate of drug-likeness (QED) is 0.894. The number of halogens is 2. The Morgan fingerprint density at radius 2 is 2.24 bits per heavy atom. The molecule has 0 aliphatic heterocycles. The third-order valence-corrected chi connectivity index (χ3v) is 5.19. The van der Waals surface area contributed by atoms with E-state index in [-0.39, 0.29) is 17.7 Å². The minimum absolute atomic E-state index is 0.0225. The van der Waals surface area contributed by atoms with Crippen molar-refractivity contribution in [3.8, 4) is 0 Å². The van der Waals surface area contributed by atoms with Gasteiger partial charge in [0.15, 0.2) is 0 Å². The highest BCUT2D eigenvalue weighted by atomic mass is 79.9. The van der Waals surface area contributed by atoms with E-state index in [2.05, 4.69) is 38.4 Å². The average Bonchev–Trinajstić information content (AvgIpc) is 2.99. The van der Waals surface area contributed by atoms with E-state index in [1.165, 1.54) is 17.4 Å². The van der Waals surface area contributed by atoms with Gasteiger partial charge in [0.05, 0.1) is 6.42 Å². The van der Waals surface area contributed by atoms with Crippen LogP contribution in [0.3, 0.4) is 0 Å². The van der Waals surface area contributed by atoms with E-state index in [0.29, 0.717) is 15.2 Å². The van der Waals surface area contributed by atoms with Crippen LogP contribution in [0.2, 0.25) is 0 Å². The topological polar surface area (TPSA) is 54.9 Å².